The highest BCUT2D eigenvalue weighted by molar-refractivity contribution is 5.38. The van der Waals surface area contributed by atoms with Crippen LogP contribution in [-0.4, -0.2) is 43.8 Å². The van der Waals surface area contributed by atoms with Gasteiger partial charge in [-0.25, -0.2) is 9.97 Å². The average Bonchev–Trinajstić information content (AvgIpc) is 3.36. The second-order valence-corrected chi connectivity index (χ2v) is 9.08. The summed E-state index contributed by atoms with van der Waals surface area (Å²) in [7, 11) is 0. The fourth-order valence-electron chi connectivity index (χ4n) is 5.49. The van der Waals surface area contributed by atoms with Crippen LogP contribution in [0.4, 0.5) is 5.95 Å². The van der Waals surface area contributed by atoms with E-state index in [4.69, 9.17) is 15.1 Å². The maximum absolute atomic E-state index is 5.01. The Hall–Kier alpha value is -1.95. The zero-order valence-electron chi connectivity index (χ0n) is 17.6. The first kappa shape index (κ1) is 18.1. The van der Waals surface area contributed by atoms with Crippen LogP contribution in [0.15, 0.2) is 6.20 Å². The van der Waals surface area contributed by atoms with E-state index in [-0.39, 0.29) is 0 Å². The summed E-state index contributed by atoms with van der Waals surface area (Å²) in [5.41, 5.74) is 6.56. The Labute approximate surface area is 168 Å². The maximum Gasteiger partial charge on any atom is 0.225 e. The van der Waals surface area contributed by atoms with Crippen LogP contribution in [0.1, 0.15) is 79.8 Å². The minimum atomic E-state index is 0.406. The summed E-state index contributed by atoms with van der Waals surface area (Å²) >= 11 is 0. The zero-order valence-corrected chi connectivity index (χ0v) is 17.6. The highest BCUT2D eigenvalue weighted by Gasteiger charge is 2.41. The highest BCUT2D eigenvalue weighted by Crippen LogP contribution is 2.44. The summed E-state index contributed by atoms with van der Waals surface area (Å²) < 4.78 is 2.18. The zero-order chi connectivity index (χ0) is 19.4. The number of anilines is 1. The van der Waals surface area contributed by atoms with Crippen molar-refractivity contribution in [3.63, 3.8) is 0 Å². The van der Waals surface area contributed by atoms with Gasteiger partial charge >= 0.3 is 0 Å². The van der Waals surface area contributed by atoms with E-state index in [1.165, 1.54) is 53.9 Å². The smallest absolute Gasteiger partial charge is 0.225 e. The maximum atomic E-state index is 5.01. The number of nitrogens with zero attached hydrogens (tertiary/aromatic N) is 6. The fourth-order valence-corrected chi connectivity index (χ4v) is 5.49. The van der Waals surface area contributed by atoms with Crippen molar-refractivity contribution in [2.45, 2.75) is 84.5 Å². The predicted molar refractivity (Wildman–Crippen MR) is 111 cm³/mol. The third-order valence-corrected chi connectivity index (χ3v) is 7.01. The molecule has 5 rings (SSSR count). The molecular formula is C22H32N6. The third kappa shape index (κ3) is 2.84. The van der Waals surface area contributed by atoms with E-state index in [1.54, 1.807) is 0 Å². The normalized spacial score (nSPS) is 24.4. The molecule has 2 saturated heterocycles. The molecular weight excluding hydrogens is 348 g/mol. The molecule has 6 heteroatoms. The van der Waals surface area contributed by atoms with Gasteiger partial charge in [-0.15, -0.1) is 0 Å². The van der Waals surface area contributed by atoms with Crippen LogP contribution in [-0.2, 0) is 13.0 Å². The molecule has 6 nitrogen and oxygen atoms in total. The second-order valence-electron chi connectivity index (χ2n) is 9.08. The summed E-state index contributed by atoms with van der Waals surface area (Å²) in [5.74, 6) is 0.953. The molecule has 2 fully saturated rings. The van der Waals surface area contributed by atoms with E-state index in [0.717, 1.165) is 32.0 Å². The molecule has 28 heavy (non-hydrogen) atoms. The molecule has 3 aliphatic rings. The molecule has 5 heterocycles. The molecule has 0 aliphatic carbocycles. The van der Waals surface area contributed by atoms with Gasteiger partial charge in [-0.05, 0) is 53.4 Å². The molecule has 0 spiro atoms. The quantitative estimate of drug-likeness (QED) is 0.809. The van der Waals surface area contributed by atoms with E-state index in [1.807, 2.05) is 0 Å². The summed E-state index contributed by atoms with van der Waals surface area (Å²) in [4.78, 5) is 14.8. The SMILES string of the molecule is Cc1nn(C(C)C)c(C)c1CN1[C@H]2CC[C@@H]1c1cnc(N3CCCC3)nc1C2. The van der Waals surface area contributed by atoms with E-state index in [9.17, 15) is 0 Å². The number of fused-ring (bicyclic) bond motifs is 4. The second kappa shape index (κ2) is 6.83. The van der Waals surface area contributed by atoms with Gasteiger partial charge in [0.1, 0.15) is 0 Å². The lowest BCUT2D eigenvalue weighted by Gasteiger charge is -2.36. The van der Waals surface area contributed by atoms with Crippen molar-refractivity contribution >= 4 is 5.95 Å². The predicted octanol–water partition coefficient (Wildman–Crippen LogP) is 3.73. The van der Waals surface area contributed by atoms with Crippen LogP contribution in [0.25, 0.3) is 0 Å². The third-order valence-electron chi connectivity index (χ3n) is 7.01. The van der Waals surface area contributed by atoms with Crippen molar-refractivity contribution in [1.29, 1.82) is 0 Å². The summed E-state index contributed by atoms with van der Waals surface area (Å²) in [6, 6.07) is 1.46. The Morgan fingerprint density at radius 3 is 2.64 bits per heavy atom. The van der Waals surface area contributed by atoms with Gasteiger partial charge in [0.2, 0.25) is 5.95 Å². The molecule has 0 N–H and O–H groups in total. The highest BCUT2D eigenvalue weighted by atomic mass is 15.3. The van der Waals surface area contributed by atoms with Crippen LogP contribution in [0.5, 0.6) is 0 Å². The molecule has 3 aliphatic heterocycles. The first-order chi connectivity index (χ1) is 13.5. The number of hydrogen-bond acceptors (Lipinski definition) is 5. The molecule has 2 bridgehead atoms. The first-order valence-corrected chi connectivity index (χ1v) is 10.9. The standard InChI is InChI=1S/C22H32N6/c1-14(2)28-16(4)19(15(3)25-28)13-27-17-7-8-21(27)18-12-23-22(24-20(18)11-17)26-9-5-6-10-26/h12,14,17,21H,5-11,13H2,1-4H3/t17-,21+/m0/s1. The van der Waals surface area contributed by atoms with Crippen LogP contribution in [0, 0.1) is 13.8 Å². The lowest BCUT2D eigenvalue weighted by molar-refractivity contribution is 0.165. The molecule has 0 amide bonds. The van der Waals surface area contributed by atoms with Gasteiger partial charge < -0.3 is 4.90 Å². The first-order valence-electron chi connectivity index (χ1n) is 10.9. The van der Waals surface area contributed by atoms with Gasteiger partial charge in [-0.2, -0.15) is 5.10 Å². The number of hydrogen-bond donors (Lipinski definition) is 0. The van der Waals surface area contributed by atoms with Crippen molar-refractivity contribution in [2.75, 3.05) is 18.0 Å². The summed E-state index contributed by atoms with van der Waals surface area (Å²) in [5, 5.41) is 4.81. The van der Waals surface area contributed by atoms with E-state index >= 15 is 0 Å². The minimum absolute atomic E-state index is 0.406. The van der Waals surface area contributed by atoms with Gasteiger partial charge in [0.15, 0.2) is 0 Å². The molecule has 0 unspecified atom stereocenters. The van der Waals surface area contributed by atoms with Gasteiger partial charge in [0.05, 0.1) is 11.4 Å². The van der Waals surface area contributed by atoms with Gasteiger partial charge in [-0.1, -0.05) is 0 Å². The van der Waals surface area contributed by atoms with Gasteiger partial charge in [0.25, 0.3) is 0 Å². The Kier molecular flexibility index (Phi) is 4.42. The molecule has 150 valence electrons. The Morgan fingerprint density at radius 1 is 1.14 bits per heavy atom. The van der Waals surface area contributed by atoms with Crippen molar-refractivity contribution in [3.8, 4) is 0 Å². The number of aryl methyl sites for hydroxylation is 1. The van der Waals surface area contributed by atoms with Crippen LogP contribution >= 0.6 is 0 Å². The van der Waals surface area contributed by atoms with Crippen molar-refractivity contribution in [3.05, 3.63) is 34.4 Å². The molecule has 2 aromatic heterocycles. The van der Waals surface area contributed by atoms with Crippen LogP contribution in [0.3, 0.4) is 0 Å². The molecule has 2 aromatic rings. The van der Waals surface area contributed by atoms with Gasteiger partial charge in [0, 0.05) is 67.2 Å². The molecule has 0 radical (unpaired) electrons. The summed E-state index contributed by atoms with van der Waals surface area (Å²) in [6.07, 6.45) is 8.21. The van der Waals surface area contributed by atoms with Crippen molar-refractivity contribution in [2.24, 2.45) is 0 Å². The molecule has 2 atom stereocenters. The summed E-state index contributed by atoms with van der Waals surface area (Å²) in [6.45, 7) is 12.0. The monoisotopic (exact) mass is 380 g/mol. The van der Waals surface area contributed by atoms with Crippen molar-refractivity contribution < 1.29 is 0 Å². The molecule has 0 saturated carbocycles. The van der Waals surface area contributed by atoms with Crippen molar-refractivity contribution in [1.82, 2.24) is 24.6 Å². The van der Waals surface area contributed by atoms with Crippen LogP contribution < -0.4 is 4.90 Å². The Morgan fingerprint density at radius 2 is 1.93 bits per heavy atom. The Bertz CT molecular complexity index is 879. The lowest BCUT2D eigenvalue weighted by atomic mass is 9.98. The van der Waals surface area contributed by atoms with E-state index in [0.29, 0.717) is 18.1 Å². The number of aromatic nitrogens is 4. The van der Waals surface area contributed by atoms with Gasteiger partial charge in [-0.3, -0.25) is 9.58 Å². The molecule has 0 aromatic carbocycles. The minimum Gasteiger partial charge on any atom is -0.341 e. The Balaban J connectivity index is 1.42. The average molecular weight is 381 g/mol. The lowest BCUT2D eigenvalue weighted by Crippen LogP contribution is -2.38. The van der Waals surface area contributed by atoms with Crippen LogP contribution in [0.2, 0.25) is 0 Å². The largest absolute Gasteiger partial charge is 0.341 e. The fraction of sp³-hybridized carbons (Fsp3) is 0.682. The number of rotatable bonds is 4. The topological polar surface area (TPSA) is 50.1 Å². The van der Waals surface area contributed by atoms with E-state index < -0.39 is 0 Å². The van der Waals surface area contributed by atoms with E-state index in [2.05, 4.69) is 48.4 Å².